The molecule has 0 bridgehead atoms. The molecule has 3 fully saturated rings. The van der Waals surface area contributed by atoms with Crippen LogP contribution < -0.4 is 0 Å². The molecule has 3 aliphatic heterocycles. The molecule has 1 N–H and O–H groups in total. The van der Waals surface area contributed by atoms with Crippen LogP contribution in [0.25, 0.3) is 10.6 Å². The van der Waals surface area contributed by atoms with Crippen molar-refractivity contribution in [3.8, 4) is 10.6 Å². The van der Waals surface area contributed by atoms with Gasteiger partial charge in [-0.2, -0.15) is 5.10 Å². The summed E-state index contributed by atoms with van der Waals surface area (Å²) >= 11 is 1.79. The molecule has 6 nitrogen and oxygen atoms in total. The number of hydrogen-bond acceptors (Lipinski definition) is 5. The van der Waals surface area contributed by atoms with Crippen molar-refractivity contribution in [2.24, 2.45) is 0 Å². The van der Waals surface area contributed by atoms with Gasteiger partial charge in [0.25, 0.3) is 0 Å². The van der Waals surface area contributed by atoms with E-state index in [0.29, 0.717) is 6.42 Å². The van der Waals surface area contributed by atoms with Crippen molar-refractivity contribution in [2.75, 3.05) is 19.7 Å². The molecule has 3 aliphatic rings. The van der Waals surface area contributed by atoms with Crippen molar-refractivity contribution in [3.63, 3.8) is 0 Å². The second kappa shape index (κ2) is 5.40. The second-order valence-electron chi connectivity index (χ2n) is 6.77. The fourth-order valence-electron chi connectivity index (χ4n) is 4.42. The zero-order valence-corrected chi connectivity index (χ0v) is 14.2. The van der Waals surface area contributed by atoms with E-state index in [1.165, 1.54) is 9.75 Å². The topological polar surface area (TPSA) is 61.5 Å². The number of nitrogens with one attached hydrogen (secondary N) is 1. The van der Waals surface area contributed by atoms with E-state index in [4.69, 9.17) is 4.74 Å². The van der Waals surface area contributed by atoms with Gasteiger partial charge in [0.1, 0.15) is 0 Å². The predicted octanol–water partition coefficient (Wildman–Crippen LogP) is 2.06. The van der Waals surface area contributed by atoms with Gasteiger partial charge in [0.15, 0.2) is 5.72 Å². The summed E-state index contributed by atoms with van der Waals surface area (Å²) < 4.78 is 6.17. The van der Waals surface area contributed by atoms with Gasteiger partial charge >= 0.3 is 0 Å². The Morgan fingerprint density at radius 1 is 1.38 bits per heavy atom. The first-order valence-corrected chi connectivity index (χ1v) is 9.35. The predicted molar refractivity (Wildman–Crippen MR) is 90.3 cm³/mol. The van der Waals surface area contributed by atoms with E-state index in [-0.39, 0.29) is 17.7 Å². The molecule has 1 amide bonds. The van der Waals surface area contributed by atoms with E-state index >= 15 is 0 Å². The lowest BCUT2D eigenvalue weighted by Crippen LogP contribution is -2.56. The maximum absolute atomic E-state index is 12.4. The Hall–Kier alpha value is -1.70. The van der Waals surface area contributed by atoms with Gasteiger partial charge in [-0.05, 0) is 24.6 Å². The number of thiophene rings is 1. The Labute approximate surface area is 144 Å². The molecule has 7 heteroatoms. The Kier molecular flexibility index (Phi) is 3.29. The largest absolute Gasteiger partial charge is 0.354 e. The fraction of sp³-hybridized carbons (Fsp3) is 0.529. The minimum absolute atomic E-state index is 0.197. The van der Waals surface area contributed by atoms with Gasteiger partial charge in [0.05, 0.1) is 23.2 Å². The number of rotatable bonds is 3. The summed E-state index contributed by atoms with van der Waals surface area (Å²) in [5, 5.41) is 7.03. The highest BCUT2D eigenvalue weighted by atomic mass is 32.1. The van der Waals surface area contributed by atoms with Gasteiger partial charge in [-0.3, -0.25) is 14.8 Å². The third kappa shape index (κ3) is 2.08. The summed E-state index contributed by atoms with van der Waals surface area (Å²) in [6, 6.07) is 6.51. The van der Waals surface area contributed by atoms with E-state index in [0.717, 1.165) is 44.8 Å². The molecule has 0 radical (unpaired) electrons. The SMILES string of the molecule is O=C1C[C@H]2N(Cc3ccc(-c4ccn[nH]4)s3)CC[C@]23OCCCN13. The minimum Gasteiger partial charge on any atom is -0.354 e. The van der Waals surface area contributed by atoms with Gasteiger partial charge in [-0.1, -0.05) is 0 Å². The van der Waals surface area contributed by atoms with Gasteiger partial charge in [0, 0.05) is 43.5 Å². The van der Waals surface area contributed by atoms with E-state index in [9.17, 15) is 4.79 Å². The van der Waals surface area contributed by atoms with Gasteiger partial charge < -0.3 is 9.64 Å². The first-order chi connectivity index (χ1) is 11.8. The average Bonchev–Trinajstić information content (AvgIpc) is 3.34. The lowest BCUT2D eigenvalue weighted by molar-refractivity contribution is -0.180. The molecular formula is C17H20N4O2S. The zero-order chi connectivity index (χ0) is 16.1. The third-order valence-electron chi connectivity index (χ3n) is 5.51. The Morgan fingerprint density at radius 2 is 2.33 bits per heavy atom. The summed E-state index contributed by atoms with van der Waals surface area (Å²) in [6.45, 7) is 3.50. The molecule has 5 rings (SSSR count). The maximum atomic E-state index is 12.4. The second-order valence-corrected chi connectivity index (χ2v) is 7.94. The van der Waals surface area contributed by atoms with E-state index in [2.05, 4.69) is 27.2 Å². The number of nitrogens with zero attached hydrogens (tertiary/aromatic N) is 3. The molecule has 0 unspecified atom stereocenters. The van der Waals surface area contributed by atoms with Crippen LogP contribution in [0, 0.1) is 0 Å². The fourth-order valence-corrected chi connectivity index (χ4v) is 5.43. The number of ether oxygens (including phenoxy) is 1. The number of amides is 1. The summed E-state index contributed by atoms with van der Waals surface area (Å²) in [5.74, 6) is 0.258. The van der Waals surface area contributed by atoms with Crippen LogP contribution in [0.3, 0.4) is 0 Å². The van der Waals surface area contributed by atoms with Gasteiger partial charge in [-0.15, -0.1) is 11.3 Å². The van der Waals surface area contributed by atoms with Gasteiger partial charge in [0.2, 0.25) is 5.91 Å². The van der Waals surface area contributed by atoms with Crippen LogP contribution in [-0.2, 0) is 16.1 Å². The average molecular weight is 344 g/mol. The van der Waals surface area contributed by atoms with Crippen LogP contribution in [0.1, 0.15) is 24.1 Å². The van der Waals surface area contributed by atoms with Crippen LogP contribution in [0.15, 0.2) is 24.4 Å². The van der Waals surface area contributed by atoms with E-state index in [1.807, 2.05) is 11.0 Å². The number of aromatic amines is 1. The van der Waals surface area contributed by atoms with Gasteiger partial charge in [-0.25, -0.2) is 0 Å². The Bertz CT molecular complexity index is 758. The summed E-state index contributed by atoms with van der Waals surface area (Å²) in [5.41, 5.74) is 0.709. The molecule has 5 heterocycles. The standard InChI is InChI=1S/C17H20N4O2S/c22-16-10-15-17(21(16)7-1-9-23-17)5-8-20(15)11-12-2-3-14(24-12)13-4-6-18-19-13/h2-4,6,15H,1,5,7-11H2,(H,18,19)/t15-,17+/m1/s1. The van der Waals surface area contributed by atoms with Crippen LogP contribution in [-0.4, -0.2) is 57.4 Å². The number of hydrogen-bond donors (Lipinski definition) is 1. The molecule has 2 atom stereocenters. The maximum Gasteiger partial charge on any atom is 0.226 e. The number of H-pyrrole nitrogens is 1. The zero-order valence-electron chi connectivity index (χ0n) is 13.4. The highest BCUT2D eigenvalue weighted by molar-refractivity contribution is 7.15. The number of likely N-dealkylation sites (tertiary alicyclic amines) is 1. The molecule has 0 aliphatic carbocycles. The Balaban J connectivity index is 1.36. The van der Waals surface area contributed by atoms with Crippen molar-refractivity contribution >= 4 is 17.2 Å². The molecule has 3 saturated heterocycles. The van der Waals surface area contributed by atoms with Crippen LogP contribution in [0.4, 0.5) is 0 Å². The first kappa shape index (κ1) is 14.6. The lowest BCUT2D eigenvalue weighted by Gasteiger charge is -2.42. The Morgan fingerprint density at radius 3 is 3.21 bits per heavy atom. The molecule has 0 aromatic carbocycles. The summed E-state index contributed by atoms with van der Waals surface area (Å²) in [6.07, 6.45) is 4.26. The molecule has 2 aromatic rings. The van der Waals surface area contributed by atoms with E-state index < -0.39 is 0 Å². The molecule has 2 aromatic heterocycles. The molecule has 1 spiro atoms. The van der Waals surface area contributed by atoms with Crippen LogP contribution in [0.5, 0.6) is 0 Å². The lowest BCUT2D eigenvalue weighted by atomic mass is 10.0. The highest BCUT2D eigenvalue weighted by Gasteiger charge is 2.60. The smallest absolute Gasteiger partial charge is 0.226 e. The highest BCUT2D eigenvalue weighted by Crippen LogP contribution is 2.45. The third-order valence-corrected chi connectivity index (χ3v) is 6.61. The van der Waals surface area contributed by atoms with Crippen molar-refractivity contribution in [3.05, 3.63) is 29.3 Å². The summed E-state index contributed by atoms with van der Waals surface area (Å²) in [4.78, 5) is 19.3. The number of carbonyl (C=O) groups is 1. The number of carbonyl (C=O) groups excluding carboxylic acids is 1. The molecule has 24 heavy (non-hydrogen) atoms. The quantitative estimate of drug-likeness (QED) is 0.926. The van der Waals surface area contributed by atoms with Crippen molar-refractivity contribution in [1.29, 1.82) is 0 Å². The molecular weight excluding hydrogens is 324 g/mol. The molecule has 0 saturated carbocycles. The number of aromatic nitrogens is 2. The normalized spacial score (nSPS) is 29.9. The van der Waals surface area contributed by atoms with E-state index in [1.54, 1.807) is 17.5 Å². The van der Waals surface area contributed by atoms with Crippen LogP contribution in [0.2, 0.25) is 0 Å². The van der Waals surface area contributed by atoms with Crippen LogP contribution >= 0.6 is 11.3 Å². The summed E-state index contributed by atoms with van der Waals surface area (Å²) in [7, 11) is 0. The van der Waals surface area contributed by atoms with Crippen molar-refractivity contribution in [2.45, 2.75) is 37.6 Å². The minimum atomic E-state index is -0.348. The molecule has 126 valence electrons. The van der Waals surface area contributed by atoms with Crippen molar-refractivity contribution < 1.29 is 9.53 Å². The first-order valence-electron chi connectivity index (χ1n) is 8.53. The van der Waals surface area contributed by atoms with Crippen molar-refractivity contribution in [1.82, 2.24) is 20.0 Å². The monoisotopic (exact) mass is 344 g/mol.